The van der Waals surface area contributed by atoms with E-state index in [9.17, 15) is 0 Å². The molecule has 0 radical (unpaired) electrons. The van der Waals surface area contributed by atoms with Gasteiger partial charge in [-0.3, -0.25) is 15.0 Å². The van der Waals surface area contributed by atoms with E-state index in [2.05, 4.69) is 155 Å². The molecule has 0 unspecified atom stereocenters. The largest absolute Gasteiger partial charge is 0.255 e. The Labute approximate surface area is 258 Å². The summed E-state index contributed by atoms with van der Waals surface area (Å²) in [7, 11) is 0. The van der Waals surface area contributed by atoms with Gasteiger partial charge in [0, 0.05) is 5.41 Å². The number of hydrogen-bond acceptors (Lipinski definition) is 3. The summed E-state index contributed by atoms with van der Waals surface area (Å²) in [4.78, 5) is 16.7. The van der Waals surface area contributed by atoms with Crippen LogP contribution in [0.25, 0.3) is 0 Å². The van der Waals surface area contributed by atoms with Gasteiger partial charge in [-0.05, 0) is 97.5 Å². The fourth-order valence-corrected chi connectivity index (χ4v) is 8.18. The molecule has 212 valence electrons. The van der Waals surface area contributed by atoms with Crippen LogP contribution < -0.4 is 0 Å². The van der Waals surface area contributed by atoms with Crippen molar-refractivity contribution in [1.29, 1.82) is 0 Å². The minimum Gasteiger partial charge on any atom is -0.255 e. The van der Waals surface area contributed by atoms with Crippen LogP contribution in [-0.2, 0) is 21.7 Å². The first kappa shape index (κ1) is 25.6. The van der Waals surface area contributed by atoms with E-state index in [1.807, 2.05) is 0 Å². The third kappa shape index (κ3) is 2.99. The summed E-state index contributed by atoms with van der Waals surface area (Å²) < 4.78 is 0. The minimum absolute atomic E-state index is 0.425. The lowest BCUT2D eigenvalue weighted by Crippen LogP contribution is -2.38. The molecular weight excluding hydrogens is 534 g/mol. The van der Waals surface area contributed by atoms with E-state index in [0.29, 0.717) is 0 Å². The van der Waals surface area contributed by atoms with Crippen LogP contribution in [-0.4, -0.2) is 15.0 Å². The average molecular weight is 568 g/mol. The van der Waals surface area contributed by atoms with Crippen LogP contribution in [0.1, 0.15) is 95.2 Å². The highest BCUT2D eigenvalue weighted by atomic mass is 14.9. The summed E-state index contributed by atoms with van der Waals surface area (Å²) in [6.07, 6.45) is 0. The van der Waals surface area contributed by atoms with Gasteiger partial charge in [0.25, 0.3) is 0 Å². The van der Waals surface area contributed by atoms with Crippen molar-refractivity contribution >= 4 is 0 Å². The molecule has 0 saturated carbocycles. The normalized spacial score (nSPS) is 27.0. The lowest BCUT2D eigenvalue weighted by molar-refractivity contribution is 0.555. The van der Waals surface area contributed by atoms with Crippen LogP contribution >= 0.6 is 0 Å². The zero-order valence-corrected chi connectivity index (χ0v) is 25.5. The molecule has 4 aliphatic heterocycles. The van der Waals surface area contributed by atoms with Gasteiger partial charge in [-0.15, -0.1) is 0 Å². The summed E-state index contributed by atoms with van der Waals surface area (Å²) in [5.41, 5.74) is 10.9. The Bertz CT molecular complexity index is 1640. The molecule has 3 aromatic heterocycles. The second-order valence-electron chi connectivity index (χ2n) is 13.5. The van der Waals surface area contributed by atoms with E-state index in [4.69, 9.17) is 15.0 Å². The SMILES string of the molecule is CC12c3cccc(c3)C3(C)c4cccc(n4)C(C)(c4cccc1c4)c1cccc(n1)C(C)(c1cccc2c1)c1cccc3n1. The first-order valence-corrected chi connectivity index (χ1v) is 15.5. The van der Waals surface area contributed by atoms with Crippen molar-refractivity contribution in [2.24, 2.45) is 0 Å². The molecule has 6 aromatic rings. The Hall–Kier alpha value is -4.89. The van der Waals surface area contributed by atoms with Crippen LogP contribution in [0.15, 0.2) is 127 Å². The van der Waals surface area contributed by atoms with Crippen molar-refractivity contribution in [3.63, 3.8) is 0 Å². The molecule has 0 saturated heterocycles. The summed E-state index contributed by atoms with van der Waals surface area (Å²) >= 11 is 0. The first-order chi connectivity index (χ1) is 21.3. The highest BCUT2D eigenvalue weighted by Crippen LogP contribution is 2.50. The third-order valence-corrected chi connectivity index (χ3v) is 11.4. The molecule has 10 rings (SSSR count). The van der Waals surface area contributed by atoms with Crippen LogP contribution in [0.3, 0.4) is 0 Å². The standard InChI is InChI=1S/C41H33N3/c1-38-26-11-5-14-29(23-26)39(2)32-17-8-19-34(42-32)40(3,30-15-6-12-27(38)24-30)36-21-10-22-37(44-36)41(4,31-16-7-13-28(38)25-31)35-20-9-18-33(39)43-35/h5-25H,1-4H3. The second kappa shape index (κ2) is 8.39. The van der Waals surface area contributed by atoms with Gasteiger partial charge >= 0.3 is 0 Å². The Kier molecular flexibility index (Phi) is 4.88. The van der Waals surface area contributed by atoms with Crippen molar-refractivity contribution in [3.8, 4) is 0 Å². The maximum atomic E-state index is 5.57. The van der Waals surface area contributed by atoms with Crippen LogP contribution in [0.5, 0.6) is 0 Å². The number of hydrogen-bond donors (Lipinski definition) is 0. The zero-order valence-electron chi connectivity index (χ0n) is 25.5. The molecule has 0 fully saturated rings. The summed E-state index contributed by atoms with van der Waals surface area (Å²) in [6.45, 7) is 9.30. The molecule has 7 heterocycles. The monoisotopic (exact) mass is 567 g/mol. The van der Waals surface area contributed by atoms with Gasteiger partial charge in [-0.1, -0.05) is 91.0 Å². The molecule has 3 aromatic carbocycles. The lowest BCUT2D eigenvalue weighted by atomic mass is 9.64. The van der Waals surface area contributed by atoms with Gasteiger partial charge in [0.05, 0.1) is 50.4 Å². The Morgan fingerprint density at radius 3 is 0.750 bits per heavy atom. The maximum absolute atomic E-state index is 5.57. The molecular formula is C41H33N3. The molecule has 0 aliphatic carbocycles. The third-order valence-electron chi connectivity index (χ3n) is 11.4. The molecule has 0 spiro atoms. The molecule has 16 bridgehead atoms. The van der Waals surface area contributed by atoms with E-state index in [1.165, 1.54) is 33.4 Å². The zero-order chi connectivity index (χ0) is 29.9. The molecule has 4 aliphatic rings. The van der Waals surface area contributed by atoms with Crippen LogP contribution in [0, 0.1) is 0 Å². The first-order valence-electron chi connectivity index (χ1n) is 15.5. The average Bonchev–Trinajstić information content (AvgIpc) is 3.09. The van der Waals surface area contributed by atoms with Gasteiger partial charge in [-0.25, -0.2) is 0 Å². The second-order valence-corrected chi connectivity index (χ2v) is 13.5. The minimum atomic E-state index is -0.606. The predicted molar refractivity (Wildman–Crippen MR) is 174 cm³/mol. The number of rotatable bonds is 0. The summed E-state index contributed by atoms with van der Waals surface area (Å²) in [6, 6.07) is 47.0. The quantitative estimate of drug-likeness (QED) is 0.186. The predicted octanol–water partition coefficient (Wildman–Crippen LogP) is 8.23. The van der Waals surface area contributed by atoms with Gasteiger partial charge in [0.15, 0.2) is 0 Å². The van der Waals surface area contributed by atoms with E-state index >= 15 is 0 Å². The molecule has 0 atom stereocenters. The van der Waals surface area contributed by atoms with Gasteiger partial charge in [0.1, 0.15) is 0 Å². The topological polar surface area (TPSA) is 38.7 Å². The lowest BCUT2D eigenvalue weighted by Gasteiger charge is -2.41. The highest BCUT2D eigenvalue weighted by Gasteiger charge is 2.45. The van der Waals surface area contributed by atoms with Gasteiger partial charge < -0.3 is 0 Å². The van der Waals surface area contributed by atoms with Crippen molar-refractivity contribution < 1.29 is 0 Å². The maximum Gasteiger partial charge on any atom is 0.0768 e. The van der Waals surface area contributed by atoms with Crippen molar-refractivity contribution in [3.05, 3.63) is 195 Å². The number of benzene rings is 3. The van der Waals surface area contributed by atoms with E-state index in [-0.39, 0.29) is 0 Å². The van der Waals surface area contributed by atoms with Crippen molar-refractivity contribution in [1.82, 2.24) is 15.0 Å². The summed E-state index contributed by atoms with van der Waals surface area (Å²) in [5, 5.41) is 0. The number of nitrogens with zero attached hydrogens (tertiary/aromatic N) is 3. The molecule has 3 heteroatoms. The Morgan fingerprint density at radius 2 is 0.500 bits per heavy atom. The fraction of sp³-hybridized carbons (Fsp3) is 0.195. The van der Waals surface area contributed by atoms with E-state index < -0.39 is 21.7 Å². The van der Waals surface area contributed by atoms with E-state index in [1.54, 1.807) is 0 Å². The fourth-order valence-electron chi connectivity index (χ4n) is 8.18. The molecule has 0 amide bonds. The van der Waals surface area contributed by atoms with Gasteiger partial charge in [-0.2, -0.15) is 0 Å². The van der Waals surface area contributed by atoms with Crippen LogP contribution in [0.4, 0.5) is 0 Å². The molecule has 0 N–H and O–H groups in total. The smallest absolute Gasteiger partial charge is 0.0768 e. The molecule has 3 nitrogen and oxygen atoms in total. The van der Waals surface area contributed by atoms with E-state index in [0.717, 1.165) is 34.2 Å². The highest BCUT2D eigenvalue weighted by molar-refractivity contribution is 5.60. The molecule has 44 heavy (non-hydrogen) atoms. The number of aromatic nitrogens is 3. The van der Waals surface area contributed by atoms with Crippen molar-refractivity contribution in [2.75, 3.05) is 0 Å². The van der Waals surface area contributed by atoms with Crippen LogP contribution in [0.2, 0.25) is 0 Å². The number of pyridine rings is 3. The van der Waals surface area contributed by atoms with Gasteiger partial charge in [0.2, 0.25) is 0 Å². The Balaban J connectivity index is 1.63. The van der Waals surface area contributed by atoms with Crippen molar-refractivity contribution in [2.45, 2.75) is 49.4 Å². The Morgan fingerprint density at radius 1 is 0.295 bits per heavy atom. The summed E-state index contributed by atoms with van der Waals surface area (Å²) in [5.74, 6) is 0.